The summed E-state index contributed by atoms with van der Waals surface area (Å²) in [6.45, 7) is 4.15. The van der Waals surface area contributed by atoms with Crippen LogP contribution in [-0.4, -0.2) is 29.0 Å². The number of aromatic nitrogens is 1. The van der Waals surface area contributed by atoms with Crippen molar-refractivity contribution < 1.29 is 4.79 Å². The van der Waals surface area contributed by atoms with Crippen LogP contribution >= 0.6 is 0 Å². The van der Waals surface area contributed by atoms with Gasteiger partial charge in [0.2, 0.25) is 0 Å². The number of likely N-dealkylation sites (N-methyl/N-ethyl adjacent to an activating group) is 1. The summed E-state index contributed by atoms with van der Waals surface area (Å²) in [6.07, 6.45) is 0.833. The first-order valence-corrected chi connectivity index (χ1v) is 6.03. The van der Waals surface area contributed by atoms with Crippen LogP contribution in [0, 0.1) is 0 Å². The number of carbonyl (C=O) groups excluding carboxylic acids is 1. The zero-order valence-electron chi connectivity index (χ0n) is 10.7. The predicted octanol–water partition coefficient (Wildman–Crippen LogP) is -0.540. The van der Waals surface area contributed by atoms with Gasteiger partial charge in [0.1, 0.15) is 5.56 Å². The van der Waals surface area contributed by atoms with Gasteiger partial charge >= 0.3 is 0 Å². The Balaban J connectivity index is 2.62. The Labute approximate surface area is 105 Å². The Kier molecular flexibility index (Phi) is 3.49. The van der Waals surface area contributed by atoms with E-state index < -0.39 is 5.91 Å². The van der Waals surface area contributed by atoms with Crippen LogP contribution in [0.2, 0.25) is 0 Å². The molecule has 0 saturated carbocycles. The minimum absolute atomic E-state index is 0.119. The molecule has 0 saturated heterocycles. The summed E-state index contributed by atoms with van der Waals surface area (Å²) in [5, 5.41) is 0. The van der Waals surface area contributed by atoms with Crippen molar-refractivity contribution in [1.82, 2.24) is 14.9 Å². The van der Waals surface area contributed by atoms with E-state index in [1.807, 2.05) is 19.4 Å². The van der Waals surface area contributed by atoms with Crippen LogP contribution in [0.15, 0.2) is 10.9 Å². The minimum atomic E-state index is -0.529. The van der Waals surface area contributed by atoms with Crippen molar-refractivity contribution in [2.75, 3.05) is 13.6 Å². The number of nitrogen functional groups attached to an aromatic ring is 1. The summed E-state index contributed by atoms with van der Waals surface area (Å²) in [7, 11) is 2.02. The van der Waals surface area contributed by atoms with E-state index in [0.29, 0.717) is 6.54 Å². The number of hydrogen-bond acceptors (Lipinski definition) is 4. The number of nitrogens with zero attached hydrogens (tertiary/aromatic N) is 2. The van der Waals surface area contributed by atoms with Gasteiger partial charge in [-0.25, -0.2) is 5.84 Å². The molecule has 2 rings (SSSR count). The monoisotopic (exact) mass is 250 g/mol. The lowest BCUT2D eigenvalue weighted by atomic mass is 10.0. The predicted molar refractivity (Wildman–Crippen MR) is 68.1 cm³/mol. The van der Waals surface area contributed by atoms with Gasteiger partial charge in [-0.3, -0.25) is 15.0 Å². The fourth-order valence-electron chi connectivity index (χ4n) is 2.43. The fraction of sp³-hybridized carbons (Fsp3) is 0.500. The molecule has 1 aliphatic heterocycles. The van der Waals surface area contributed by atoms with Crippen LogP contribution in [0.1, 0.15) is 28.5 Å². The molecule has 0 spiro atoms. The second kappa shape index (κ2) is 4.91. The van der Waals surface area contributed by atoms with Crippen LogP contribution in [0.3, 0.4) is 0 Å². The quantitative estimate of drug-likeness (QED) is 0.420. The maximum absolute atomic E-state index is 12.2. The molecule has 0 atom stereocenters. The van der Waals surface area contributed by atoms with Crippen molar-refractivity contribution in [2.45, 2.75) is 26.4 Å². The lowest BCUT2D eigenvalue weighted by Crippen LogP contribution is -2.40. The van der Waals surface area contributed by atoms with E-state index in [1.54, 1.807) is 10.6 Å². The number of hydrazine groups is 1. The summed E-state index contributed by atoms with van der Waals surface area (Å²) in [6, 6.07) is 1.67. The summed E-state index contributed by atoms with van der Waals surface area (Å²) >= 11 is 0. The number of rotatable bonds is 2. The molecule has 2 heterocycles. The van der Waals surface area contributed by atoms with E-state index in [1.165, 1.54) is 0 Å². The van der Waals surface area contributed by atoms with Crippen LogP contribution in [-0.2, 0) is 19.5 Å². The molecule has 6 nitrogen and oxygen atoms in total. The zero-order valence-corrected chi connectivity index (χ0v) is 10.7. The second-order valence-electron chi connectivity index (χ2n) is 4.54. The Morgan fingerprint density at radius 3 is 2.89 bits per heavy atom. The van der Waals surface area contributed by atoms with Crippen molar-refractivity contribution in [1.29, 1.82) is 0 Å². The molecule has 0 aromatic carbocycles. The van der Waals surface area contributed by atoms with E-state index >= 15 is 0 Å². The number of hydrogen-bond donors (Lipinski definition) is 2. The number of amides is 1. The standard InChI is InChI=1S/C12H18N4O2/c1-3-16-10-4-5-15(2)7-8(10)6-9(12(16)18)11(17)14-13/h6H,3-5,7,13H2,1-2H3,(H,14,17). The first-order valence-electron chi connectivity index (χ1n) is 6.03. The summed E-state index contributed by atoms with van der Waals surface area (Å²) in [5.74, 6) is 4.58. The normalized spacial score (nSPS) is 15.3. The average molecular weight is 250 g/mol. The van der Waals surface area contributed by atoms with E-state index in [-0.39, 0.29) is 11.1 Å². The number of fused-ring (bicyclic) bond motifs is 1. The van der Waals surface area contributed by atoms with Crippen LogP contribution in [0.25, 0.3) is 0 Å². The van der Waals surface area contributed by atoms with Gasteiger partial charge < -0.3 is 9.47 Å². The third-order valence-corrected chi connectivity index (χ3v) is 3.35. The second-order valence-corrected chi connectivity index (χ2v) is 4.54. The Morgan fingerprint density at radius 2 is 2.28 bits per heavy atom. The number of carbonyl (C=O) groups is 1. The molecule has 3 N–H and O–H groups in total. The third-order valence-electron chi connectivity index (χ3n) is 3.35. The summed E-state index contributed by atoms with van der Waals surface area (Å²) in [5.41, 5.74) is 3.95. The van der Waals surface area contributed by atoms with Crippen LogP contribution < -0.4 is 16.8 Å². The smallest absolute Gasteiger partial charge is 0.270 e. The highest BCUT2D eigenvalue weighted by Gasteiger charge is 2.21. The molecule has 0 unspecified atom stereocenters. The molecule has 0 aliphatic carbocycles. The van der Waals surface area contributed by atoms with Crippen LogP contribution in [0.4, 0.5) is 0 Å². The van der Waals surface area contributed by atoms with E-state index in [9.17, 15) is 9.59 Å². The molecule has 1 aromatic heterocycles. The summed E-state index contributed by atoms with van der Waals surface area (Å²) < 4.78 is 1.67. The Bertz CT molecular complexity index is 536. The van der Waals surface area contributed by atoms with Gasteiger partial charge in [-0.2, -0.15) is 0 Å². The molecule has 1 aliphatic rings. The van der Waals surface area contributed by atoms with Crippen molar-refractivity contribution >= 4 is 5.91 Å². The number of pyridine rings is 1. The molecular weight excluding hydrogens is 232 g/mol. The maximum atomic E-state index is 12.2. The maximum Gasteiger partial charge on any atom is 0.270 e. The summed E-state index contributed by atoms with van der Waals surface area (Å²) in [4.78, 5) is 26.0. The largest absolute Gasteiger partial charge is 0.312 e. The molecule has 1 amide bonds. The molecule has 0 bridgehead atoms. The molecular formula is C12H18N4O2. The van der Waals surface area contributed by atoms with Crippen LogP contribution in [0.5, 0.6) is 0 Å². The fourth-order valence-corrected chi connectivity index (χ4v) is 2.43. The van der Waals surface area contributed by atoms with Gasteiger partial charge in [-0.15, -0.1) is 0 Å². The zero-order chi connectivity index (χ0) is 13.3. The minimum Gasteiger partial charge on any atom is -0.312 e. The Morgan fingerprint density at radius 1 is 1.56 bits per heavy atom. The van der Waals surface area contributed by atoms with E-state index in [4.69, 9.17) is 5.84 Å². The topological polar surface area (TPSA) is 80.4 Å². The van der Waals surface area contributed by atoms with Gasteiger partial charge in [0.15, 0.2) is 0 Å². The molecule has 1 aromatic rings. The number of nitrogens with two attached hydrogens (primary N) is 1. The third kappa shape index (κ3) is 2.04. The molecule has 0 fully saturated rings. The van der Waals surface area contributed by atoms with Crippen molar-refractivity contribution in [3.63, 3.8) is 0 Å². The average Bonchev–Trinajstić information content (AvgIpc) is 2.37. The van der Waals surface area contributed by atoms with Crippen molar-refractivity contribution in [3.8, 4) is 0 Å². The van der Waals surface area contributed by atoms with Gasteiger partial charge in [0.05, 0.1) is 0 Å². The highest BCUT2D eigenvalue weighted by Crippen LogP contribution is 2.17. The van der Waals surface area contributed by atoms with Gasteiger partial charge in [0, 0.05) is 31.7 Å². The van der Waals surface area contributed by atoms with E-state index in [2.05, 4.69) is 4.90 Å². The van der Waals surface area contributed by atoms with Gasteiger partial charge in [-0.05, 0) is 25.6 Å². The molecule has 18 heavy (non-hydrogen) atoms. The first-order chi connectivity index (χ1) is 8.58. The van der Waals surface area contributed by atoms with Crippen molar-refractivity contribution in [3.05, 3.63) is 33.2 Å². The molecule has 0 radical (unpaired) electrons. The van der Waals surface area contributed by atoms with Gasteiger partial charge in [-0.1, -0.05) is 0 Å². The first kappa shape index (κ1) is 12.8. The Hall–Kier alpha value is -1.66. The van der Waals surface area contributed by atoms with E-state index in [0.717, 1.165) is 30.8 Å². The lowest BCUT2D eigenvalue weighted by molar-refractivity contribution is 0.0951. The number of nitrogens with one attached hydrogen (secondary N) is 1. The lowest BCUT2D eigenvalue weighted by Gasteiger charge is -2.27. The highest BCUT2D eigenvalue weighted by molar-refractivity contribution is 5.93. The van der Waals surface area contributed by atoms with Gasteiger partial charge in [0.25, 0.3) is 11.5 Å². The highest BCUT2D eigenvalue weighted by atomic mass is 16.2. The molecule has 98 valence electrons. The molecule has 6 heteroatoms. The SMILES string of the molecule is CCn1c2c(cc(C(=O)NN)c1=O)CN(C)CC2. The van der Waals surface area contributed by atoms with Crippen molar-refractivity contribution in [2.24, 2.45) is 5.84 Å².